The van der Waals surface area contributed by atoms with Crippen LogP contribution in [0.3, 0.4) is 0 Å². The summed E-state index contributed by atoms with van der Waals surface area (Å²) >= 11 is 6.48. The number of ether oxygens (including phenoxy) is 1. The number of benzene rings is 1. The summed E-state index contributed by atoms with van der Waals surface area (Å²) in [7, 11) is 0. The molecule has 1 aromatic carbocycles. The van der Waals surface area contributed by atoms with Crippen molar-refractivity contribution in [2.45, 2.75) is 10.7 Å². The van der Waals surface area contributed by atoms with Crippen molar-refractivity contribution in [1.82, 2.24) is 0 Å². The quantitative estimate of drug-likeness (QED) is 0.275. The van der Waals surface area contributed by atoms with E-state index in [4.69, 9.17) is 4.74 Å². The van der Waals surface area contributed by atoms with Gasteiger partial charge in [-0.3, -0.25) is 14.9 Å². The van der Waals surface area contributed by atoms with E-state index in [-0.39, 0.29) is 15.2 Å². The first kappa shape index (κ1) is 13.1. The fourth-order valence-corrected chi connectivity index (χ4v) is 1.82. The summed E-state index contributed by atoms with van der Waals surface area (Å²) in [6.45, 7) is 1.24. The zero-order valence-electron chi connectivity index (χ0n) is 8.15. The first-order valence-electron chi connectivity index (χ1n) is 4.16. The smallest absolute Gasteiger partial charge is 0.308 e. The van der Waals surface area contributed by atoms with Crippen LogP contribution in [0.15, 0.2) is 18.2 Å². The monoisotopic (exact) mass is 351 g/mol. The van der Waals surface area contributed by atoms with Crippen LogP contribution in [0, 0.1) is 10.1 Å². The van der Waals surface area contributed by atoms with Gasteiger partial charge in [-0.1, -0.05) is 31.9 Å². The number of esters is 1. The molecule has 0 amide bonds. The van der Waals surface area contributed by atoms with E-state index in [2.05, 4.69) is 31.9 Å². The molecule has 0 fully saturated rings. The lowest BCUT2D eigenvalue weighted by molar-refractivity contribution is -0.384. The molecule has 0 saturated heterocycles. The Morgan fingerprint density at radius 1 is 1.50 bits per heavy atom. The second kappa shape index (κ2) is 5.40. The maximum Gasteiger partial charge on any atom is 0.308 e. The third-order valence-corrected chi connectivity index (χ3v) is 2.68. The van der Waals surface area contributed by atoms with Crippen molar-refractivity contribution < 1.29 is 14.5 Å². The molecule has 5 nitrogen and oxygen atoms in total. The van der Waals surface area contributed by atoms with Crippen LogP contribution >= 0.6 is 31.9 Å². The average molecular weight is 353 g/mol. The van der Waals surface area contributed by atoms with Gasteiger partial charge in [0.2, 0.25) is 0 Å². The molecule has 0 radical (unpaired) electrons. The normalized spacial score (nSPS) is 10.2. The maximum absolute atomic E-state index is 10.8. The number of carbonyl (C=O) groups is 1. The van der Waals surface area contributed by atoms with E-state index < -0.39 is 10.9 Å². The number of hydrogen-bond donors (Lipinski definition) is 0. The number of alkyl halides is 2. The fraction of sp³-hybridized carbons (Fsp3) is 0.222. The molecule has 86 valence electrons. The second-order valence-corrected chi connectivity index (χ2v) is 5.93. The third-order valence-electron chi connectivity index (χ3n) is 1.70. The zero-order valence-corrected chi connectivity index (χ0v) is 11.3. The van der Waals surface area contributed by atoms with Crippen LogP contribution in [-0.4, -0.2) is 10.9 Å². The Bertz CT molecular complexity index is 434. The number of nitro benzene ring substituents is 1. The Kier molecular flexibility index (Phi) is 4.43. The van der Waals surface area contributed by atoms with Gasteiger partial charge >= 0.3 is 5.97 Å². The van der Waals surface area contributed by atoms with Crippen molar-refractivity contribution in [3.8, 4) is 5.75 Å². The molecule has 7 heteroatoms. The Hall–Kier alpha value is -0.950. The highest BCUT2D eigenvalue weighted by atomic mass is 79.9. The van der Waals surface area contributed by atoms with E-state index >= 15 is 0 Å². The number of nitrogens with zero attached hydrogens (tertiary/aromatic N) is 1. The van der Waals surface area contributed by atoms with E-state index in [1.165, 1.54) is 25.1 Å². The van der Waals surface area contributed by atoms with Crippen molar-refractivity contribution in [2.24, 2.45) is 0 Å². The molecular formula is C9H7Br2NO4. The fourth-order valence-electron chi connectivity index (χ4n) is 1.06. The molecule has 1 rings (SSSR count). The Morgan fingerprint density at radius 3 is 2.56 bits per heavy atom. The minimum absolute atomic E-state index is 0.124. The lowest BCUT2D eigenvalue weighted by Gasteiger charge is -2.09. The highest BCUT2D eigenvalue weighted by molar-refractivity contribution is 9.24. The summed E-state index contributed by atoms with van der Waals surface area (Å²) in [4.78, 5) is 20.9. The van der Waals surface area contributed by atoms with E-state index in [1.807, 2.05) is 0 Å². The van der Waals surface area contributed by atoms with Gasteiger partial charge in [0.25, 0.3) is 5.69 Å². The van der Waals surface area contributed by atoms with Gasteiger partial charge in [0.1, 0.15) is 5.75 Å². The SMILES string of the molecule is CC(=O)Oc1cc([N+](=O)[O-])ccc1C(Br)Br. The van der Waals surface area contributed by atoms with Crippen LogP contribution in [0.5, 0.6) is 5.75 Å². The van der Waals surface area contributed by atoms with Gasteiger partial charge in [-0.05, 0) is 6.07 Å². The first-order valence-corrected chi connectivity index (χ1v) is 6.00. The zero-order chi connectivity index (χ0) is 12.3. The summed E-state index contributed by atoms with van der Waals surface area (Å²) < 4.78 is 4.65. The van der Waals surface area contributed by atoms with Gasteiger partial charge in [-0.15, -0.1) is 0 Å². The second-order valence-electron chi connectivity index (χ2n) is 2.87. The number of non-ortho nitro benzene ring substituents is 1. The number of carbonyl (C=O) groups excluding carboxylic acids is 1. The summed E-state index contributed by atoms with van der Waals surface area (Å²) in [6, 6.07) is 4.08. The van der Waals surface area contributed by atoms with Crippen molar-refractivity contribution >= 4 is 43.5 Å². The number of hydrogen-bond acceptors (Lipinski definition) is 4. The molecule has 0 heterocycles. The highest BCUT2D eigenvalue weighted by Gasteiger charge is 2.16. The van der Waals surface area contributed by atoms with E-state index in [0.29, 0.717) is 5.56 Å². The van der Waals surface area contributed by atoms with Gasteiger partial charge < -0.3 is 4.74 Å². The standard InChI is InChI=1S/C9H7Br2NO4/c1-5(13)16-8-4-6(12(14)15)2-3-7(8)9(10)11/h2-4,9H,1H3. The van der Waals surface area contributed by atoms with Crippen LogP contribution in [0.4, 0.5) is 5.69 Å². The van der Waals surface area contributed by atoms with E-state index in [1.54, 1.807) is 0 Å². The number of nitro groups is 1. The molecule has 16 heavy (non-hydrogen) atoms. The maximum atomic E-state index is 10.8. The topological polar surface area (TPSA) is 69.4 Å². The third kappa shape index (κ3) is 3.28. The number of halogens is 2. The van der Waals surface area contributed by atoms with Crippen molar-refractivity contribution in [2.75, 3.05) is 0 Å². The molecule has 0 aromatic heterocycles. The summed E-state index contributed by atoms with van der Waals surface area (Å²) in [5.41, 5.74) is 0.487. The minimum atomic E-state index is -0.547. The van der Waals surface area contributed by atoms with Crippen LogP contribution < -0.4 is 4.74 Å². The molecule has 0 saturated carbocycles. The molecule has 1 aromatic rings. The molecule has 0 bridgehead atoms. The first-order chi connectivity index (χ1) is 7.41. The minimum Gasteiger partial charge on any atom is -0.426 e. The van der Waals surface area contributed by atoms with Crippen LogP contribution in [0.25, 0.3) is 0 Å². The molecule has 0 unspecified atom stereocenters. The van der Waals surface area contributed by atoms with Gasteiger partial charge in [0.15, 0.2) is 0 Å². The summed E-state index contributed by atoms with van der Waals surface area (Å²) in [6.07, 6.45) is 0. The van der Waals surface area contributed by atoms with Crippen LogP contribution in [0.2, 0.25) is 0 Å². The molecule has 0 N–H and O–H groups in total. The Labute approximate surface area is 108 Å². The van der Waals surface area contributed by atoms with E-state index in [9.17, 15) is 14.9 Å². The van der Waals surface area contributed by atoms with Crippen molar-refractivity contribution in [1.29, 1.82) is 0 Å². The highest BCUT2D eigenvalue weighted by Crippen LogP contribution is 2.37. The Balaban J connectivity index is 3.20. The molecule has 0 spiro atoms. The van der Waals surface area contributed by atoms with Crippen LogP contribution in [0.1, 0.15) is 16.2 Å². The molecular weight excluding hydrogens is 346 g/mol. The molecule has 0 aliphatic heterocycles. The molecule has 0 atom stereocenters. The predicted molar refractivity (Wildman–Crippen MR) is 65.0 cm³/mol. The van der Waals surface area contributed by atoms with E-state index in [0.717, 1.165) is 0 Å². The van der Waals surface area contributed by atoms with Gasteiger partial charge in [0.05, 0.1) is 14.7 Å². The van der Waals surface area contributed by atoms with Crippen molar-refractivity contribution in [3.63, 3.8) is 0 Å². The predicted octanol–water partition coefficient (Wildman–Crippen LogP) is 3.31. The average Bonchev–Trinajstić information content (AvgIpc) is 2.15. The van der Waals surface area contributed by atoms with Crippen LogP contribution in [-0.2, 0) is 4.79 Å². The summed E-state index contributed by atoms with van der Waals surface area (Å²) in [5.74, 6) is -0.358. The van der Waals surface area contributed by atoms with Gasteiger partial charge in [-0.25, -0.2) is 0 Å². The molecule has 0 aliphatic carbocycles. The van der Waals surface area contributed by atoms with Gasteiger partial charge in [-0.2, -0.15) is 0 Å². The summed E-state index contributed by atoms with van der Waals surface area (Å²) in [5, 5.41) is 10.6. The van der Waals surface area contributed by atoms with Crippen molar-refractivity contribution in [3.05, 3.63) is 33.9 Å². The van der Waals surface area contributed by atoms with Gasteiger partial charge in [0, 0.05) is 18.6 Å². The largest absolute Gasteiger partial charge is 0.426 e. The lowest BCUT2D eigenvalue weighted by Crippen LogP contribution is -2.04. The number of rotatable bonds is 3. The Morgan fingerprint density at radius 2 is 2.12 bits per heavy atom. The lowest BCUT2D eigenvalue weighted by atomic mass is 10.2. The molecule has 0 aliphatic rings.